The normalized spacial score (nSPS) is 17.5. The maximum Gasteiger partial charge on any atom is 0.113 e. The highest BCUT2D eigenvalue weighted by Crippen LogP contribution is 2.30. The van der Waals surface area contributed by atoms with Gasteiger partial charge in [0.25, 0.3) is 0 Å². The number of piperidine rings is 1. The highest BCUT2D eigenvalue weighted by molar-refractivity contribution is 5.49. The Hall–Kier alpha value is -2.69. The number of aryl methyl sites for hydroxylation is 2. The Labute approximate surface area is 154 Å². The molecule has 0 unspecified atom stereocenters. The highest BCUT2D eigenvalue weighted by atomic mass is 15.2. The van der Waals surface area contributed by atoms with Crippen LogP contribution in [0.4, 0.5) is 5.69 Å². The van der Waals surface area contributed by atoms with Crippen LogP contribution in [0.25, 0.3) is 0 Å². The first kappa shape index (κ1) is 16.8. The van der Waals surface area contributed by atoms with E-state index in [2.05, 4.69) is 57.7 Å². The quantitative estimate of drug-likeness (QED) is 0.722. The molecule has 1 fully saturated rings. The Bertz CT molecular complexity index is 851. The Balaban J connectivity index is 1.54. The molecule has 5 heteroatoms. The number of imidazole rings is 1. The molecular weight excluding hydrogens is 322 g/mol. The van der Waals surface area contributed by atoms with Gasteiger partial charge in [0.2, 0.25) is 0 Å². The number of pyridine rings is 2. The first-order valence-corrected chi connectivity index (χ1v) is 9.29. The molecule has 0 bridgehead atoms. The predicted octanol–water partition coefficient (Wildman–Crippen LogP) is 3.72. The lowest BCUT2D eigenvalue weighted by Crippen LogP contribution is -2.35. The van der Waals surface area contributed by atoms with Crippen LogP contribution in [-0.2, 0) is 6.54 Å². The smallest absolute Gasteiger partial charge is 0.113 e. The largest absolute Gasteiger partial charge is 0.371 e. The molecule has 1 aliphatic heterocycles. The van der Waals surface area contributed by atoms with Crippen molar-refractivity contribution in [2.24, 2.45) is 0 Å². The average molecular weight is 347 g/mol. The van der Waals surface area contributed by atoms with Crippen LogP contribution >= 0.6 is 0 Å². The summed E-state index contributed by atoms with van der Waals surface area (Å²) < 4.78 is 2.27. The van der Waals surface area contributed by atoms with E-state index in [1.54, 1.807) is 0 Å². The minimum atomic E-state index is 0.448. The second-order valence-corrected chi connectivity index (χ2v) is 7.17. The van der Waals surface area contributed by atoms with Crippen LogP contribution in [0.3, 0.4) is 0 Å². The number of hydrogen-bond acceptors (Lipinski definition) is 4. The summed E-state index contributed by atoms with van der Waals surface area (Å²) in [4.78, 5) is 15.9. The topological polar surface area (TPSA) is 46.8 Å². The summed E-state index contributed by atoms with van der Waals surface area (Å²) in [5.74, 6) is 1.63. The maximum atomic E-state index is 4.70. The van der Waals surface area contributed by atoms with Crippen LogP contribution in [-0.4, -0.2) is 32.6 Å². The molecule has 4 heterocycles. The van der Waals surface area contributed by atoms with Crippen molar-refractivity contribution < 1.29 is 0 Å². The molecule has 134 valence electrons. The van der Waals surface area contributed by atoms with Gasteiger partial charge < -0.3 is 9.47 Å². The third-order valence-corrected chi connectivity index (χ3v) is 5.04. The second kappa shape index (κ2) is 7.28. The van der Waals surface area contributed by atoms with Gasteiger partial charge in [-0.3, -0.25) is 9.97 Å². The van der Waals surface area contributed by atoms with Gasteiger partial charge in [-0.15, -0.1) is 0 Å². The van der Waals surface area contributed by atoms with E-state index in [0.29, 0.717) is 5.92 Å². The van der Waals surface area contributed by atoms with Crippen molar-refractivity contribution in [3.63, 3.8) is 0 Å². The Morgan fingerprint density at radius 1 is 1.15 bits per heavy atom. The third-order valence-electron chi connectivity index (χ3n) is 5.04. The molecule has 0 N–H and O–H groups in total. The zero-order valence-corrected chi connectivity index (χ0v) is 15.5. The van der Waals surface area contributed by atoms with Crippen molar-refractivity contribution in [1.29, 1.82) is 0 Å². The fraction of sp³-hybridized carbons (Fsp3) is 0.381. The number of nitrogens with zero attached hydrogens (tertiary/aromatic N) is 5. The molecule has 1 aliphatic rings. The molecule has 0 aliphatic carbocycles. The monoisotopic (exact) mass is 347 g/mol. The van der Waals surface area contributed by atoms with Crippen molar-refractivity contribution >= 4 is 5.69 Å². The van der Waals surface area contributed by atoms with E-state index in [-0.39, 0.29) is 0 Å². The molecule has 0 aromatic carbocycles. The summed E-state index contributed by atoms with van der Waals surface area (Å²) in [6.45, 7) is 7.07. The van der Waals surface area contributed by atoms with Gasteiger partial charge in [-0.25, -0.2) is 4.98 Å². The summed E-state index contributed by atoms with van der Waals surface area (Å²) in [6, 6.07) is 8.49. The van der Waals surface area contributed by atoms with Crippen LogP contribution in [0, 0.1) is 13.8 Å². The SMILES string of the molecule is Cc1cc(N2CCC[C@H](c3nccn3Cc3cccnc3)C2)cc(C)n1. The summed E-state index contributed by atoms with van der Waals surface area (Å²) in [5, 5.41) is 0. The second-order valence-electron chi connectivity index (χ2n) is 7.17. The van der Waals surface area contributed by atoms with Crippen LogP contribution in [0.15, 0.2) is 49.1 Å². The molecule has 1 saturated heterocycles. The van der Waals surface area contributed by atoms with Gasteiger partial charge in [0, 0.05) is 60.9 Å². The van der Waals surface area contributed by atoms with Crippen LogP contribution in [0.5, 0.6) is 0 Å². The highest BCUT2D eigenvalue weighted by Gasteiger charge is 2.25. The van der Waals surface area contributed by atoms with Crippen molar-refractivity contribution in [2.45, 2.75) is 39.2 Å². The minimum Gasteiger partial charge on any atom is -0.371 e. The molecule has 5 nitrogen and oxygen atoms in total. The third kappa shape index (κ3) is 3.62. The Morgan fingerprint density at radius 3 is 2.77 bits per heavy atom. The van der Waals surface area contributed by atoms with E-state index in [9.17, 15) is 0 Å². The van der Waals surface area contributed by atoms with Crippen molar-refractivity contribution in [3.05, 3.63) is 71.8 Å². The van der Waals surface area contributed by atoms with Crippen molar-refractivity contribution in [2.75, 3.05) is 18.0 Å². The van der Waals surface area contributed by atoms with E-state index in [1.165, 1.54) is 29.9 Å². The van der Waals surface area contributed by atoms with Gasteiger partial charge in [0.15, 0.2) is 0 Å². The van der Waals surface area contributed by atoms with Gasteiger partial charge in [0.05, 0.1) is 6.54 Å². The first-order valence-electron chi connectivity index (χ1n) is 9.29. The van der Waals surface area contributed by atoms with Crippen molar-refractivity contribution in [3.8, 4) is 0 Å². The molecule has 4 rings (SSSR count). The summed E-state index contributed by atoms with van der Waals surface area (Å²) in [5.41, 5.74) is 4.66. The number of anilines is 1. The summed E-state index contributed by atoms with van der Waals surface area (Å²) >= 11 is 0. The fourth-order valence-electron chi connectivity index (χ4n) is 3.92. The molecule has 1 atom stereocenters. The zero-order chi connectivity index (χ0) is 17.9. The number of aromatic nitrogens is 4. The van der Waals surface area contributed by atoms with Crippen LogP contribution in [0.2, 0.25) is 0 Å². The average Bonchev–Trinajstić information content (AvgIpc) is 3.10. The summed E-state index contributed by atoms with van der Waals surface area (Å²) in [7, 11) is 0. The predicted molar refractivity (Wildman–Crippen MR) is 103 cm³/mol. The molecule has 0 saturated carbocycles. The molecule has 0 radical (unpaired) electrons. The van der Waals surface area contributed by atoms with E-state index >= 15 is 0 Å². The Kier molecular flexibility index (Phi) is 4.69. The van der Waals surface area contributed by atoms with E-state index in [1.807, 2.05) is 24.7 Å². The van der Waals surface area contributed by atoms with Gasteiger partial charge in [-0.05, 0) is 50.5 Å². The van der Waals surface area contributed by atoms with E-state index < -0.39 is 0 Å². The molecular formula is C21H25N5. The molecule has 3 aromatic rings. The number of hydrogen-bond donors (Lipinski definition) is 0. The van der Waals surface area contributed by atoms with Crippen LogP contribution < -0.4 is 4.90 Å². The standard InChI is InChI=1S/C21H25N5/c1-16-11-20(12-17(2)24-16)25-9-4-6-19(15-25)21-23-8-10-26(21)14-18-5-3-7-22-13-18/h3,5,7-8,10-13,19H,4,6,9,14-15H2,1-2H3/t19-/m0/s1. The first-order chi connectivity index (χ1) is 12.7. The van der Waals surface area contributed by atoms with E-state index in [4.69, 9.17) is 4.98 Å². The van der Waals surface area contributed by atoms with Gasteiger partial charge in [-0.1, -0.05) is 6.07 Å². The maximum absolute atomic E-state index is 4.70. The Morgan fingerprint density at radius 2 is 2.00 bits per heavy atom. The van der Waals surface area contributed by atoms with Crippen LogP contribution in [0.1, 0.15) is 41.5 Å². The molecule has 0 amide bonds. The zero-order valence-electron chi connectivity index (χ0n) is 15.5. The van der Waals surface area contributed by atoms with Crippen molar-refractivity contribution in [1.82, 2.24) is 19.5 Å². The molecule has 3 aromatic heterocycles. The molecule has 0 spiro atoms. The minimum absolute atomic E-state index is 0.448. The van der Waals surface area contributed by atoms with E-state index in [0.717, 1.165) is 31.0 Å². The van der Waals surface area contributed by atoms with Gasteiger partial charge in [0.1, 0.15) is 5.82 Å². The summed E-state index contributed by atoms with van der Waals surface area (Å²) in [6.07, 6.45) is 10.1. The molecule has 26 heavy (non-hydrogen) atoms. The lowest BCUT2D eigenvalue weighted by Gasteiger charge is -2.34. The van der Waals surface area contributed by atoms with Gasteiger partial charge >= 0.3 is 0 Å². The fourth-order valence-corrected chi connectivity index (χ4v) is 3.92. The lowest BCUT2D eigenvalue weighted by atomic mass is 9.96. The number of rotatable bonds is 4. The lowest BCUT2D eigenvalue weighted by molar-refractivity contribution is 0.476. The van der Waals surface area contributed by atoms with Gasteiger partial charge in [-0.2, -0.15) is 0 Å².